The predicted molar refractivity (Wildman–Crippen MR) is 38.7 cm³/mol. The number of aliphatic hydroxyl groups is 1. The summed E-state index contributed by atoms with van der Waals surface area (Å²) in [6, 6.07) is 0. The van der Waals surface area contributed by atoms with Gasteiger partial charge < -0.3 is 15.6 Å². The highest BCUT2D eigenvalue weighted by Crippen LogP contribution is 2.18. The third kappa shape index (κ3) is 1.94. The minimum atomic E-state index is -0.642. The average molecular weight is 145 g/mol. The first-order chi connectivity index (χ1) is 4.77. The summed E-state index contributed by atoms with van der Waals surface area (Å²) in [5.41, 5.74) is 4.76. The Labute approximate surface area is 61.2 Å². The van der Waals surface area contributed by atoms with Crippen LogP contribution in [0.4, 0.5) is 0 Å². The van der Waals surface area contributed by atoms with E-state index in [1.807, 2.05) is 0 Å². The third-order valence-corrected chi connectivity index (χ3v) is 2.02. The first-order valence-corrected chi connectivity index (χ1v) is 3.77. The van der Waals surface area contributed by atoms with E-state index in [1.165, 1.54) is 0 Å². The lowest BCUT2D eigenvalue weighted by Crippen LogP contribution is -2.37. The maximum atomic E-state index is 9.66. The molecule has 0 aliphatic carbocycles. The summed E-state index contributed by atoms with van der Waals surface area (Å²) < 4.78 is 5.18. The molecule has 0 radical (unpaired) electrons. The van der Waals surface area contributed by atoms with Crippen molar-refractivity contribution in [1.29, 1.82) is 0 Å². The molecule has 1 rings (SSSR count). The topological polar surface area (TPSA) is 55.5 Å². The summed E-state index contributed by atoms with van der Waals surface area (Å²) in [6.45, 7) is 1.77. The van der Waals surface area contributed by atoms with E-state index in [4.69, 9.17) is 10.5 Å². The van der Waals surface area contributed by atoms with Crippen LogP contribution < -0.4 is 5.73 Å². The van der Waals surface area contributed by atoms with Crippen molar-refractivity contribution in [3.63, 3.8) is 0 Å². The Kier molecular flexibility index (Phi) is 2.65. The van der Waals surface area contributed by atoms with Gasteiger partial charge in [-0.25, -0.2) is 0 Å². The smallest absolute Gasteiger partial charge is 0.0792 e. The molecule has 0 saturated carbocycles. The molecule has 1 aliphatic rings. The first kappa shape index (κ1) is 7.98. The molecule has 0 aromatic rings. The molecule has 3 nitrogen and oxygen atoms in total. The molecular formula is C7H15NO2. The van der Waals surface area contributed by atoms with Gasteiger partial charge in [-0.15, -0.1) is 0 Å². The highest BCUT2D eigenvalue weighted by atomic mass is 16.5. The molecule has 1 fully saturated rings. The Hall–Kier alpha value is -0.120. The summed E-state index contributed by atoms with van der Waals surface area (Å²) in [7, 11) is 0. The Balaban J connectivity index is 2.41. The zero-order chi connectivity index (χ0) is 7.45. The zero-order valence-electron chi connectivity index (χ0n) is 6.18. The normalized spacial score (nSPS) is 35.4. The summed E-state index contributed by atoms with van der Waals surface area (Å²) in [5.74, 6) is 0. The highest BCUT2D eigenvalue weighted by molar-refractivity contribution is 4.80. The van der Waals surface area contributed by atoms with Crippen molar-refractivity contribution in [2.45, 2.75) is 24.9 Å². The van der Waals surface area contributed by atoms with Gasteiger partial charge in [0.1, 0.15) is 0 Å². The lowest BCUT2D eigenvalue weighted by atomic mass is 9.95. The van der Waals surface area contributed by atoms with Crippen LogP contribution in [0.5, 0.6) is 0 Å². The van der Waals surface area contributed by atoms with Crippen molar-refractivity contribution in [1.82, 2.24) is 0 Å². The number of ether oxygens (including phenoxy) is 1. The Morgan fingerprint density at radius 3 is 2.90 bits per heavy atom. The zero-order valence-corrected chi connectivity index (χ0v) is 6.18. The van der Waals surface area contributed by atoms with E-state index in [9.17, 15) is 5.11 Å². The lowest BCUT2D eigenvalue weighted by Gasteiger charge is -2.23. The molecule has 1 heterocycles. The molecule has 1 aliphatic heterocycles. The van der Waals surface area contributed by atoms with Crippen molar-refractivity contribution in [2.75, 3.05) is 19.8 Å². The summed E-state index contributed by atoms with van der Waals surface area (Å²) in [6.07, 6.45) is 2.39. The van der Waals surface area contributed by atoms with Crippen LogP contribution >= 0.6 is 0 Å². The van der Waals surface area contributed by atoms with E-state index in [2.05, 4.69) is 0 Å². The number of hydrogen-bond donors (Lipinski definition) is 2. The van der Waals surface area contributed by atoms with Gasteiger partial charge in [-0.2, -0.15) is 0 Å². The molecule has 3 heteroatoms. The van der Waals surface area contributed by atoms with Gasteiger partial charge in [0.15, 0.2) is 0 Å². The number of hydrogen-bond acceptors (Lipinski definition) is 3. The fourth-order valence-corrected chi connectivity index (χ4v) is 1.20. The molecule has 0 spiro atoms. The largest absolute Gasteiger partial charge is 0.388 e. The highest BCUT2D eigenvalue weighted by Gasteiger charge is 2.25. The minimum absolute atomic E-state index is 0.357. The molecule has 3 N–H and O–H groups in total. The van der Waals surface area contributed by atoms with Crippen molar-refractivity contribution in [3.8, 4) is 0 Å². The van der Waals surface area contributed by atoms with Gasteiger partial charge in [0, 0.05) is 26.2 Å². The van der Waals surface area contributed by atoms with E-state index in [-0.39, 0.29) is 0 Å². The van der Waals surface area contributed by atoms with Crippen LogP contribution in [-0.2, 0) is 4.74 Å². The first-order valence-electron chi connectivity index (χ1n) is 3.77. The number of nitrogens with two attached hydrogens (primary N) is 1. The summed E-state index contributed by atoms with van der Waals surface area (Å²) >= 11 is 0. The van der Waals surface area contributed by atoms with Crippen LogP contribution in [0.15, 0.2) is 0 Å². The van der Waals surface area contributed by atoms with Crippen molar-refractivity contribution >= 4 is 0 Å². The van der Waals surface area contributed by atoms with Crippen LogP contribution in [0.25, 0.3) is 0 Å². The van der Waals surface area contributed by atoms with E-state index in [0.717, 1.165) is 19.4 Å². The molecule has 0 amide bonds. The quantitative estimate of drug-likeness (QED) is 0.540. The number of rotatable bonds is 1. The van der Waals surface area contributed by atoms with Crippen molar-refractivity contribution in [2.24, 2.45) is 5.73 Å². The minimum Gasteiger partial charge on any atom is -0.388 e. The lowest BCUT2D eigenvalue weighted by molar-refractivity contribution is 0.0268. The third-order valence-electron chi connectivity index (χ3n) is 2.02. The second-order valence-electron chi connectivity index (χ2n) is 2.89. The maximum Gasteiger partial charge on any atom is 0.0792 e. The second kappa shape index (κ2) is 3.32. The molecule has 1 saturated heterocycles. The molecule has 60 valence electrons. The Morgan fingerprint density at radius 1 is 1.40 bits per heavy atom. The van der Waals surface area contributed by atoms with Crippen LogP contribution in [0.2, 0.25) is 0 Å². The van der Waals surface area contributed by atoms with Crippen LogP contribution in [0, 0.1) is 0 Å². The molecule has 0 aromatic heterocycles. The van der Waals surface area contributed by atoms with E-state index in [0.29, 0.717) is 19.6 Å². The van der Waals surface area contributed by atoms with E-state index >= 15 is 0 Å². The molecular weight excluding hydrogens is 130 g/mol. The van der Waals surface area contributed by atoms with Crippen LogP contribution in [0.3, 0.4) is 0 Å². The standard InChI is InChI=1S/C7H15NO2/c8-6-7(9)2-1-4-10-5-3-7/h9H,1-6,8H2. The fraction of sp³-hybridized carbons (Fsp3) is 1.00. The van der Waals surface area contributed by atoms with E-state index in [1.54, 1.807) is 0 Å². The van der Waals surface area contributed by atoms with Gasteiger partial charge >= 0.3 is 0 Å². The maximum absolute atomic E-state index is 9.66. The van der Waals surface area contributed by atoms with Crippen molar-refractivity contribution in [3.05, 3.63) is 0 Å². The Morgan fingerprint density at radius 2 is 2.20 bits per heavy atom. The Bertz CT molecular complexity index is 97.8. The fourth-order valence-electron chi connectivity index (χ4n) is 1.20. The summed E-state index contributed by atoms with van der Waals surface area (Å²) in [5, 5.41) is 9.66. The van der Waals surface area contributed by atoms with Crippen LogP contribution in [0.1, 0.15) is 19.3 Å². The molecule has 0 aromatic carbocycles. The molecule has 0 bridgehead atoms. The molecule has 10 heavy (non-hydrogen) atoms. The van der Waals surface area contributed by atoms with Gasteiger partial charge in [-0.1, -0.05) is 0 Å². The predicted octanol–water partition coefficient (Wildman–Crippen LogP) is -0.123. The second-order valence-corrected chi connectivity index (χ2v) is 2.89. The van der Waals surface area contributed by atoms with Gasteiger partial charge in [-0.05, 0) is 12.8 Å². The molecule has 1 unspecified atom stereocenters. The summed E-state index contributed by atoms with van der Waals surface area (Å²) in [4.78, 5) is 0. The van der Waals surface area contributed by atoms with Gasteiger partial charge in [0.05, 0.1) is 5.60 Å². The van der Waals surface area contributed by atoms with Gasteiger partial charge in [0.2, 0.25) is 0 Å². The SMILES string of the molecule is NCC1(O)CCCOCC1. The van der Waals surface area contributed by atoms with E-state index < -0.39 is 5.60 Å². The monoisotopic (exact) mass is 145 g/mol. The molecule has 1 atom stereocenters. The van der Waals surface area contributed by atoms with Crippen LogP contribution in [-0.4, -0.2) is 30.5 Å². The van der Waals surface area contributed by atoms with Gasteiger partial charge in [-0.3, -0.25) is 0 Å². The van der Waals surface area contributed by atoms with Gasteiger partial charge in [0.25, 0.3) is 0 Å². The average Bonchev–Trinajstić information content (AvgIpc) is 2.15. The van der Waals surface area contributed by atoms with Crippen molar-refractivity contribution < 1.29 is 9.84 Å².